The molecule has 2 aromatic heterocycles. The number of benzene rings is 2. The fourth-order valence-electron chi connectivity index (χ4n) is 8.34. The molecule has 0 spiro atoms. The fourth-order valence-corrected chi connectivity index (χ4v) is 8.99. The summed E-state index contributed by atoms with van der Waals surface area (Å²) in [5, 5.41) is 6.87. The summed E-state index contributed by atoms with van der Waals surface area (Å²) >= 11 is 1.42. The highest BCUT2D eigenvalue weighted by Crippen LogP contribution is 2.29. The third-order valence-electron chi connectivity index (χ3n) is 12.2. The number of allylic oxidation sites excluding steroid dienone is 1. The molecule has 1 aliphatic rings. The van der Waals surface area contributed by atoms with Crippen LogP contribution in [0.3, 0.4) is 0 Å². The van der Waals surface area contributed by atoms with Crippen LogP contribution in [0.4, 0.5) is 0 Å². The monoisotopic (exact) mass is 992 g/mol. The van der Waals surface area contributed by atoms with Gasteiger partial charge in [0.2, 0.25) is 29.5 Å². The fraction of sp³-hybridized carbons (Fsp3) is 0.442. The highest BCUT2D eigenvalue weighted by Gasteiger charge is 2.27. The van der Waals surface area contributed by atoms with Gasteiger partial charge >= 0.3 is 0 Å². The number of aromatic nitrogens is 2. The zero-order chi connectivity index (χ0) is 51.1. The van der Waals surface area contributed by atoms with Crippen LogP contribution in [0, 0.1) is 0 Å². The van der Waals surface area contributed by atoms with E-state index < -0.39 is 35.5 Å². The van der Waals surface area contributed by atoms with Crippen LogP contribution in [0.2, 0.25) is 0 Å². The predicted octanol–water partition coefficient (Wildman–Crippen LogP) is 3.10. The van der Waals surface area contributed by atoms with Crippen molar-refractivity contribution in [2.45, 2.75) is 71.4 Å². The first-order chi connectivity index (χ1) is 34.3. The Morgan fingerprint density at radius 2 is 1.51 bits per heavy atom. The van der Waals surface area contributed by atoms with Gasteiger partial charge in [-0.25, -0.2) is 0 Å². The molecule has 71 heavy (non-hydrogen) atoms. The third-order valence-corrected chi connectivity index (χ3v) is 12.8. The molecule has 4 aromatic rings. The molecule has 5 amide bonds. The van der Waals surface area contributed by atoms with Crippen LogP contribution in [0.5, 0.6) is 0 Å². The van der Waals surface area contributed by atoms with Crippen LogP contribution in [0.1, 0.15) is 68.2 Å². The molecule has 19 heteroatoms. The van der Waals surface area contributed by atoms with E-state index in [4.69, 9.17) is 11.5 Å². The first kappa shape index (κ1) is 55.1. The lowest BCUT2D eigenvalue weighted by molar-refractivity contribution is -0.143. The molecule has 5 rings (SSSR count). The Kier molecular flexibility index (Phi) is 22.3. The van der Waals surface area contributed by atoms with E-state index in [9.17, 15) is 33.6 Å². The van der Waals surface area contributed by atoms with Crippen molar-refractivity contribution in [1.29, 1.82) is 0 Å². The Morgan fingerprint density at radius 3 is 2.23 bits per heavy atom. The van der Waals surface area contributed by atoms with Crippen LogP contribution in [-0.4, -0.2) is 160 Å². The molecule has 1 atom stereocenters. The number of hydrogen-bond acceptors (Lipinski definition) is 11. The van der Waals surface area contributed by atoms with Gasteiger partial charge in [-0.1, -0.05) is 61.5 Å². The number of Topliss-reactive ketones (excluding diaryl/α,β-unsaturated/α-hetero) is 2. The highest BCUT2D eigenvalue weighted by molar-refractivity contribution is 7.98. The van der Waals surface area contributed by atoms with Crippen LogP contribution >= 0.6 is 11.8 Å². The molecule has 0 saturated heterocycles. The number of guanidine groups is 1. The number of aliphatic imine (C=N–C) groups is 1. The van der Waals surface area contributed by atoms with Gasteiger partial charge in [-0.15, -0.1) is 0 Å². The van der Waals surface area contributed by atoms with Gasteiger partial charge in [-0.3, -0.25) is 43.5 Å². The molecule has 7 N–H and O–H groups in total. The lowest BCUT2D eigenvalue weighted by atomic mass is 10.0. The third kappa shape index (κ3) is 17.8. The number of H-pyrrole nitrogens is 1. The molecular formula is C52H69N11O7S. The second-order valence-corrected chi connectivity index (χ2v) is 18.5. The number of pyridine rings is 1. The van der Waals surface area contributed by atoms with Gasteiger partial charge in [0.25, 0.3) is 0 Å². The van der Waals surface area contributed by atoms with Gasteiger partial charge < -0.3 is 46.7 Å². The van der Waals surface area contributed by atoms with Crippen molar-refractivity contribution in [2.75, 3.05) is 77.5 Å². The van der Waals surface area contributed by atoms with Crippen molar-refractivity contribution in [1.82, 2.24) is 40.2 Å². The number of aromatic amines is 1. The molecule has 18 nitrogen and oxygen atoms in total. The van der Waals surface area contributed by atoms with E-state index in [1.165, 1.54) is 43.8 Å². The summed E-state index contributed by atoms with van der Waals surface area (Å²) in [4.78, 5) is 113. The molecule has 1 aliphatic carbocycles. The quantitative estimate of drug-likeness (QED) is 0.0277. The lowest BCUT2D eigenvalue weighted by Crippen LogP contribution is -2.50. The molecule has 380 valence electrons. The van der Waals surface area contributed by atoms with E-state index >= 15 is 0 Å². The first-order valence-electron chi connectivity index (χ1n) is 24.1. The lowest BCUT2D eigenvalue weighted by Gasteiger charge is -2.28. The molecule has 0 unspecified atom stereocenters. The Hall–Kier alpha value is -6.86. The average molecular weight is 992 g/mol. The molecule has 0 bridgehead atoms. The minimum Gasteiger partial charge on any atom is -0.370 e. The van der Waals surface area contributed by atoms with Gasteiger partial charge in [-0.2, -0.15) is 11.8 Å². The summed E-state index contributed by atoms with van der Waals surface area (Å²) in [5.74, 6) is -2.45. The number of nitrogens with one attached hydrogen (secondary N) is 3. The summed E-state index contributed by atoms with van der Waals surface area (Å²) in [6.07, 6.45) is 11.3. The second kappa shape index (κ2) is 28.7. The Morgan fingerprint density at radius 1 is 0.803 bits per heavy atom. The number of nitrogens with two attached hydrogens (primary N) is 2. The minimum absolute atomic E-state index is 0.0371. The Labute approximate surface area is 420 Å². The standard InChI is InChI=1S/C52H69N11O7S/c1-4-24-60(33-47(66)59-46(36-71-3)37(2)64)50(69)34-62(27-21-41-30-58-45-15-8-7-14-44(41)45)48(67)19-18-42(65)32-61(25-10-23-57-52(53)54)51(70)35-63(49(68)31-56-29-38-11-9-22-55-28-38)26-20-40-17-16-39-12-5-6-13-43(39)40/h5-9,11-15,17,22,28,30,46,56,58H,4,10,16,18-21,23-27,29,31-36H2,1-3H3,(H,59,66)(H4,53,54,57)/t46-/m0/s1. The van der Waals surface area contributed by atoms with Crippen molar-refractivity contribution >= 4 is 75.3 Å². The predicted molar refractivity (Wildman–Crippen MR) is 278 cm³/mol. The maximum Gasteiger partial charge on any atom is 0.242 e. The maximum atomic E-state index is 14.3. The number of rotatable bonds is 31. The summed E-state index contributed by atoms with van der Waals surface area (Å²) in [6, 6.07) is 18.9. The highest BCUT2D eigenvalue weighted by atomic mass is 32.2. The van der Waals surface area contributed by atoms with Gasteiger partial charge in [0, 0.05) is 87.4 Å². The van der Waals surface area contributed by atoms with Crippen LogP contribution in [0.25, 0.3) is 16.5 Å². The van der Waals surface area contributed by atoms with Gasteiger partial charge in [0.1, 0.15) is 0 Å². The van der Waals surface area contributed by atoms with E-state index in [1.807, 2.05) is 67.9 Å². The zero-order valence-electron chi connectivity index (χ0n) is 41.2. The maximum absolute atomic E-state index is 14.3. The Bertz CT molecular complexity index is 2510. The number of para-hydroxylation sites is 1. The van der Waals surface area contributed by atoms with Crippen molar-refractivity contribution < 1.29 is 33.6 Å². The average Bonchev–Trinajstić information content (AvgIpc) is 3.98. The largest absolute Gasteiger partial charge is 0.370 e. The van der Waals surface area contributed by atoms with Crippen molar-refractivity contribution in [3.63, 3.8) is 0 Å². The topological polar surface area (TPSA) is 250 Å². The number of carbonyl (C=O) groups excluding carboxylic acids is 7. The number of fused-ring (bicyclic) bond motifs is 2. The molecular weight excluding hydrogens is 923 g/mol. The number of ketones is 2. The van der Waals surface area contributed by atoms with Crippen LogP contribution in [0.15, 0.2) is 90.3 Å². The summed E-state index contributed by atoms with van der Waals surface area (Å²) in [6.45, 7) is 3.31. The van der Waals surface area contributed by atoms with E-state index in [0.717, 1.165) is 39.6 Å². The van der Waals surface area contributed by atoms with Crippen LogP contribution < -0.4 is 22.1 Å². The van der Waals surface area contributed by atoms with E-state index in [-0.39, 0.29) is 95.9 Å². The van der Waals surface area contributed by atoms with E-state index in [0.29, 0.717) is 38.0 Å². The minimum atomic E-state index is -0.697. The second-order valence-electron chi connectivity index (χ2n) is 17.6. The van der Waals surface area contributed by atoms with E-state index in [2.05, 4.69) is 43.8 Å². The summed E-state index contributed by atoms with van der Waals surface area (Å²) in [5.41, 5.74) is 17.3. The number of thioether (sulfide) groups is 1. The Balaban J connectivity index is 1.28. The molecule has 0 fully saturated rings. The molecule has 0 aliphatic heterocycles. The van der Waals surface area contributed by atoms with Crippen LogP contribution in [-0.2, 0) is 52.9 Å². The number of nitrogens with zero attached hydrogens (tertiary/aromatic N) is 6. The SMILES string of the molecule is CCCN(CC(=O)N[C@@H](CSC)C(C)=O)C(=O)CN(CCc1c[nH]c2ccccc12)C(=O)CCC(=O)CN(CCCN=C(N)N)C(=O)CN(CCC1=CCc2ccccc21)C(=O)CNCc1cccnc1. The van der Waals surface area contributed by atoms with Gasteiger partial charge in [0.15, 0.2) is 17.5 Å². The zero-order valence-corrected chi connectivity index (χ0v) is 42.0. The van der Waals surface area contributed by atoms with E-state index in [1.54, 1.807) is 12.4 Å². The van der Waals surface area contributed by atoms with Gasteiger partial charge in [0.05, 0.1) is 38.8 Å². The summed E-state index contributed by atoms with van der Waals surface area (Å²) < 4.78 is 0. The molecule has 0 saturated carbocycles. The number of amides is 5. The smallest absolute Gasteiger partial charge is 0.242 e. The normalized spacial score (nSPS) is 12.1. The molecule has 0 radical (unpaired) electrons. The summed E-state index contributed by atoms with van der Waals surface area (Å²) in [7, 11) is 0. The number of carbonyl (C=O) groups is 7. The number of hydrogen-bond donors (Lipinski definition) is 5. The van der Waals surface area contributed by atoms with Crippen molar-refractivity contribution in [3.8, 4) is 0 Å². The van der Waals surface area contributed by atoms with Crippen molar-refractivity contribution in [2.24, 2.45) is 16.5 Å². The first-order valence-corrected chi connectivity index (χ1v) is 25.5. The molecule has 2 heterocycles. The van der Waals surface area contributed by atoms with Gasteiger partial charge in [-0.05, 0) is 85.2 Å². The van der Waals surface area contributed by atoms with Crippen molar-refractivity contribution in [3.05, 3.63) is 108 Å². The molecule has 2 aromatic carbocycles.